The van der Waals surface area contributed by atoms with Gasteiger partial charge in [0.25, 0.3) is 0 Å². The van der Waals surface area contributed by atoms with E-state index in [-0.39, 0.29) is 23.8 Å². The lowest BCUT2D eigenvalue weighted by Gasteiger charge is -2.07. The van der Waals surface area contributed by atoms with Gasteiger partial charge in [-0.2, -0.15) is 0 Å². The number of aromatic carboxylic acids is 1. The molecule has 9 heteroatoms. The van der Waals surface area contributed by atoms with E-state index >= 15 is 0 Å². The summed E-state index contributed by atoms with van der Waals surface area (Å²) in [7, 11) is 0. The highest BCUT2D eigenvalue weighted by atomic mass is 16.6. The molecule has 9 nitrogen and oxygen atoms in total. The summed E-state index contributed by atoms with van der Waals surface area (Å²) < 4.78 is 0. The van der Waals surface area contributed by atoms with Crippen LogP contribution in [-0.2, 0) is 4.79 Å². The van der Waals surface area contributed by atoms with Crippen LogP contribution >= 0.6 is 0 Å². The average Bonchev–Trinajstić information content (AvgIpc) is 2.42. The minimum absolute atomic E-state index is 0.147. The molecule has 0 aliphatic carbocycles. The quantitative estimate of drug-likeness (QED) is 0.493. The van der Waals surface area contributed by atoms with Crippen molar-refractivity contribution in [3.63, 3.8) is 0 Å². The van der Waals surface area contributed by atoms with Gasteiger partial charge < -0.3 is 15.7 Å². The summed E-state index contributed by atoms with van der Waals surface area (Å²) in [5, 5.41) is 24.7. The summed E-state index contributed by atoms with van der Waals surface area (Å²) >= 11 is 0. The number of amides is 1. The van der Waals surface area contributed by atoms with Crippen LogP contribution in [0.3, 0.4) is 0 Å². The molecular weight excluding hydrogens is 268 g/mol. The van der Waals surface area contributed by atoms with E-state index in [0.717, 1.165) is 18.7 Å². The molecule has 0 aliphatic heterocycles. The van der Waals surface area contributed by atoms with Crippen LogP contribution in [0.4, 0.5) is 11.5 Å². The fourth-order valence-electron chi connectivity index (χ4n) is 1.34. The van der Waals surface area contributed by atoms with Gasteiger partial charge in [0.05, 0.1) is 17.0 Å². The molecule has 0 saturated heterocycles. The van der Waals surface area contributed by atoms with E-state index in [0.29, 0.717) is 6.54 Å². The fraction of sp³-hybridized carbons (Fsp3) is 0.364. The van der Waals surface area contributed by atoms with E-state index < -0.39 is 16.6 Å². The molecular formula is C11H14N4O5. The summed E-state index contributed by atoms with van der Waals surface area (Å²) in [5.74, 6) is -1.79. The average molecular weight is 282 g/mol. The molecule has 0 saturated carbocycles. The first-order chi connectivity index (χ1) is 9.45. The third-order valence-electron chi connectivity index (χ3n) is 2.30. The third-order valence-corrected chi connectivity index (χ3v) is 2.30. The van der Waals surface area contributed by atoms with Gasteiger partial charge in [0.15, 0.2) is 0 Å². The molecule has 0 aromatic carbocycles. The van der Waals surface area contributed by atoms with Crippen LogP contribution in [0.15, 0.2) is 12.3 Å². The first kappa shape index (κ1) is 15.3. The van der Waals surface area contributed by atoms with Crippen LogP contribution in [0.5, 0.6) is 0 Å². The highest BCUT2D eigenvalue weighted by molar-refractivity contribution is 5.89. The van der Waals surface area contributed by atoms with Gasteiger partial charge in [-0.15, -0.1) is 0 Å². The summed E-state index contributed by atoms with van der Waals surface area (Å²) in [6.07, 6.45) is 1.76. The minimum Gasteiger partial charge on any atom is -0.478 e. The number of aromatic nitrogens is 1. The summed E-state index contributed by atoms with van der Waals surface area (Å²) in [6, 6.07) is 0.890. The molecule has 0 spiro atoms. The van der Waals surface area contributed by atoms with Crippen molar-refractivity contribution < 1.29 is 19.6 Å². The molecule has 1 heterocycles. The van der Waals surface area contributed by atoms with Gasteiger partial charge in [-0.1, -0.05) is 6.92 Å². The van der Waals surface area contributed by atoms with E-state index in [1.54, 1.807) is 0 Å². The lowest BCUT2D eigenvalue weighted by molar-refractivity contribution is -0.384. The fourth-order valence-corrected chi connectivity index (χ4v) is 1.34. The topological polar surface area (TPSA) is 134 Å². The Bertz CT molecular complexity index is 532. The first-order valence-electron chi connectivity index (χ1n) is 5.84. The van der Waals surface area contributed by atoms with Gasteiger partial charge in [0, 0.05) is 18.8 Å². The molecule has 0 aliphatic rings. The predicted molar refractivity (Wildman–Crippen MR) is 69.6 cm³/mol. The Hall–Kier alpha value is -2.71. The number of nitrogens with zero attached hydrogens (tertiary/aromatic N) is 2. The van der Waals surface area contributed by atoms with Gasteiger partial charge in [-0.25, -0.2) is 9.78 Å². The monoisotopic (exact) mass is 282 g/mol. The van der Waals surface area contributed by atoms with Crippen molar-refractivity contribution in [3.8, 4) is 0 Å². The summed E-state index contributed by atoms with van der Waals surface area (Å²) in [5.41, 5.74) is -0.786. The molecule has 0 atom stereocenters. The zero-order valence-corrected chi connectivity index (χ0v) is 10.8. The third kappa shape index (κ3) is 4.19. The van der Waals surface area contributed by atoms with Crippen LogP contribution in [0.25, 0.3) is 0 Å². The molecule has 0 radical (unpaired) electrons. The summed E-state index contributed by atoms with van der Waals surface area (Å²) in [4.78, 5) is 35.8. The van der Waals surface area contributed by atoms with Crippen molar-refractivity contribution in [2.45, 2.75) is 13.3 Å². The second-order valence-electron chi connectivity index (χ2n) is 3.86. The number of carbonyl (C=O) groups is 2. The maximum atomic E-state index is 11.4. The number of carbonyl (C=O) groups excluding carboxylic acids is 1. The molecule has 0 unspecified atom stereocenters. The van der Waals surface area contributed by atoms with Crippen LogP contribution in [0.2, 0.25) is 0 Å². The minimum atomic E-state index is -1.31. The standard InChI is InChI=1S/C11H14N4O5/c1-2-3-12-9(16)6-14-10-8(15(19)20)4-7(5-13-10)11(17)18/h4-5H,2-3,6H2,1H3,(H,12,16)(H,13,14)(H,17,18). The van der Waals surface area contributed by atoms with Crippen molar-refractivity contribution in [1.29, 1.82) is 0 Å². The molecule has 1 aromatic rings. The van der Waals surface area contributed by atoms with E-state index in [4.69, 9.17) is 5.11 Å². The maximum Gasteiger partial charge on any atom is 0.337 e. The number of nitro groups is 1. The molecule has 0 bridgehead atoms. The predicted octanol–water partition coefficient (Wildman–Crippen LogP) is 0.626. The molecule has 0 fully saturated rings. The highest BCUT2D eigenvalue weighted by Crippen LogP contribution is 2.22. The van der Waals surface area contributed by atoms with Gasteiger partial charge in [-0.3, -0.25) is 14.9 Å². The number of anilines is 1. The van der Waals surface area contributed by atoms with Crippen LogP contribution in [0, 0.1) is 10.1 Å². The van der Waals surface area contributed by atoms with Gasteiger partial charge in [-0.05, 0) is 6.42 Å². The number of hydrogen-bond acceptors (Lipinski definition) is 6. The Balaban J connectivity index is 2.81. The van der Waals surface area contributed by atoms with Crippen LogP contribution in [-0.4, -0.2) is 40.0 Å². The molecule has 20 heavy (non-hydrogen) atoms. The Morgan fingerprint density at radius 1 is 1.50 bits per heavy atom. The number of hydrogen-bond donors (Lipinski definition) is 3. The molecule has 108 valence electrons. The molecule has 3 N–H and O–H groups in total. The molecule has 1 aromatic heterocycles. The van der Waals surface area contributed by atoms with E-state index in [2.05, 4.69) is 15.6 Å². The van der Waals surface area contributed by atoms with Crippen LogP contribution in [0.1, 0.15) is 23.7 Å². The van der Waals surface area contributed by atoms with Crippen molar-refractivity contribution in [2.75, 3.05) is 18.4 Å². The Morgan fingerprint density at radius 2 is 2.20 bits per heavy atom. The number of carboxylic acids is 1. The second kappa shape index (κ2) is 7.02. The van der Waals surface area contributed by atoms with Gasteiger partial charge in [0.2, 0.25) is 11.7 Å². The first-order valence-corrected chi connectivity index (χ1v) is 5.84. The largest absolute Gasteiger partial charge is 0.478 e. The normalized spacial score (nSPS) is 9.85. The second-order valence-corrected chi connectivity index (χ2v) is 3.86. The maximum absolute atomic E-state index is 11.4. The SMILES string of the molecule is CCCNC(=O)CNc1ncc(C(=O)O)cc1[N+](=O)[O-]. The zero-order valence-electron chi connectivity index (χ0n) is 10.8. The Morgan fingerprint density at radius 3 is 2.75 bits per heavy atom. The van der Waals surface area contributed by atoms with Crippen molar-refractivity contribution in [3.05, 3.63) is 27.9 Å². The number of rotatable bonds is 7. The Kier molecular flexibility index (Phi) is 5.39. The lowest BCUT2D eigenvalue weighted by Crippen LogP contribution is -2.30. The number of pyridine rings is 1. The van der Waals surface area contributed by atoms with Gasteiger partial charge in [0.1, 0.15) is 0 Å². The van der Waals surface area contributed by atoms with Crippen molar-refractivity contribution >= 4 is 23.4 Å². The number of nitrogens with one attached hydrogen (secondary N) is 2. The van der Waals surface area contributed by atoms with Crippen LogP contribution < -0.4 is 10.6 Å². The smallest absolute Gasteiger partial charge is 0.337 e. The van der Waals surface area contributed by atoms with E-state index in [1.807, 2.05) is 6.92 Å². The van der Waals surface area contributed by atoms with E-state index in [1.165, 1.54) is 0 Å². The highest BCUT2D eigenvalue weighted by Gasteiger charge is 2.19. The van der Waals surface area contributed by atoms with E-state index in [9.17, 15) is 19.7 Å². The summed E-state index contributed by atoms with van der Waals surface area (Å²) in [6.45, 7) is 2.22. The zero-order chi connectivity index (χ0) is 15.1. The Labute approximate surface area is 114 Å². The lowest BCUT2D eigenvalue weighted by atomic mass is 10.2. The van der Waals surface area contributed by atoms with Crippen molar-refractivity contribution in [1.82, 2.24) is 10.3 Å². The molecule has 1 amide bonds. The molecule has 1 rings (SSSR count). The number of carboxylic acid groups (broad SMARTS) is 1. The van der Waals surface area contributed by atoms with Crippen molar-refractivity contribution in [2.24, 2.45) is 0 Å². The van der Waals surface area contributed by atoms with Gasteiger partial charge >= 0.3 is 11.7 Å².